The van der Waals surface area contributed by atoms with Crippen molar-refractivity contribution in [3.8, 4) is 0 Å². The van der Waals surface area contributed by atoms with E-state index in [0.29, 0.717) is 13.2 Å². The van der Waals surface area contributed by atoms with Gasteiger partial charge < -0.3 is 14.8 Å². The van der Waals surface area contributed by atoms with Gasteiger partial charge in [-0.1, -0.05) is 18.2 Å². The number of fused-ring (bicyclic) bond motifs is 2. The molecule has 0 spiro atoms. The Morgan fingerprint density at radius 1 is 1.39 bits per heavy atom. The van der Waals surface area contributed by atoms with Crippen molar-refractivity contribution < 1.29 is 14.3 Å². The maximum absolute atomic E-state index is 12.5. The Balaban J connectivity index is 2.00. The largest absolute Gasteiger partial charge is 0.378 e. The highest BCUT2D eigenvalue weighted by Gasteiger charge is 2.24. The Morgan fingerprint density at radius 2 is 2.17 bits per heavy atom. The Morgan fingerprint density at radius 3 is 2.96 bits per heavy atom. The minimum Gasteiger partial charge on any atom is -0.378 e. The molecule has 0 bridgehead atoms. The highest BCUT2D eigenvalue weighted by atomic mass is 16.5. The van der Waals surface area contributed by atoms with Gasteiger partial charge in [0.1, 0.15) is 0 Å². The topological polar surface area (TPSA) is 60.5 Å². The zero-order valence-corrected chi connectivity index (χ0v) is 13.8. The number of para-hydroxylation sites is 1. The van der Waals surface area contributed by atoms with Crippen molar-refractivity contribution in [3.63, 3.8) is 0 Å². The zero-order valence-electron chi connectivity index (χ0n) is 13.8. The molecule has 5 nitrogen and oxygen atoms in total. The van der Waals surface area contributed by atoms with Crippen molar-refractivity contribution in [2.24, 2.45) is 0 Å². The Bertz CT molecular complexity index is 740. The van der Waals surface area contributed by atoms with Gasteiger partial charge in [-0.25, -0.2) is 0 Å². The minimum absolute atomic E-state index is 0.0685. The van der Waals surface area contributed by atoms with Gasteiger partial charge in [0, 0.05) is 24.5 Å². The molecule has 0 saturated heterocycles. The maximum atomic E-state index is 12.5. The van der Waals surface area contributed by atoms with Gasteiger partial charge in [0.2, 0.25) is 5.91 Å². The van der Waals surface area contributed by atoms with Gasteiger partial charge >= 0.3 is 0 Å². The van der Waals surface area contributed by atoms with E-state index in [2.05, 4.69) is 5.32 Å². The number of hydrogen-bond acceptors (Lipinski definition) is 4. The number of hydrogen-bond donors (Lipinski definition) is 1. The first-order valence-corrected chi connectivity index (χ1v) is 7.83. The smallest absolute Gasteiger partial charge is 0.227 e. The third-order valence-corrected chi connectivity index (χ3v) is 4.21. The lowest BCUT2D eigenvalue weighted by Crippen LogP contribution is -2.30. The lowest BCUT2D eigenvalue weighted by atomic mass is 10.0. The molecule has 23 heavy (non-hydrogen) atoms. The second-order valence-corrected chi connectivity index (χ2v) is 6.42. The predicted molar refractivity (Wildman–Crippen MR) is 89.4 cm³/mol. The van der Waals surface area contributed by atoms with E-state index < -0.39 is 5.60 Å². The quantitative estimate of drug-likeness (QED) is 0.942. The van der Waals surface area contributed by atoms with Crippen LogP contribution in [0.25, 0.3) is 10.9 Å². The normalized spacial score (nSPS) is 14.6. The SMILES string of the molecule is COC(C)(C)CC(=O)Nc1c2c(nc3ccccc13)CCOC2. The summed E-state index contributed by atoms with van der Waals surface area (Å²) >= 11 is 0. The number of pyridine rings is 1. The maximum Gasteiger partial charge on any atom is 0.227 e. The van der Waals surface area contributed by atoms with E-state index in [1.165, 1.54) is 0 Å². The van der Waals surface area contributed by atoms with E-state index in [9.17, 15) is 4.79 Å². The van der Waals surface area contributed by atoms with E-state index in [1.54, 1.807) is 7.11 Å². The fourth-order valence-electron chi connectivity index (χ4n) is 2.79. The van der Waals surface area contributed by atoms with Gasteiger partial charge in [0.25, 0.3) is 0 Å². The van der Waals surface area contributed by atoms with Crippen LogP contribution in [0.2, 0.25) is 0 Å². The molecule has 2 aromatic rings. The lowest BCUT2D eigenvalue weighted by Gasteiger charge is -2.24. The van der Waals surface area contributed by atoms with E-state index >= 15 is 0 Å². The Kier molecular flexibility index (Phi) is 4.33. The van der Waals surface area contributed by atoms with Crippen molar-refractivity contribution in [1.82, 2.24) is 4.98 Å². The van der Waals surface area contributed by atoms with Crippen LogP contribution in [-0.2, 0) is 27.3 Å². The first-order chi connectivity index (χ1) is 11.0. The van der Waals surface area contributed by atoms with Crippen LogP contribution in [0, 0.1) is 0 Å². The minimum atomic E-state index is -0.497. The lowest BCUT2D eigenvalue weighted by molar-refractivity contribution is -0.121. The van der Waals surface area contributed by atoms with Crippen molar-refractivity contribution >= 4 is 22.5 Å². The molecule has 1 N–H and O–H groups in total. The molecule has 122 valence electrons. The van der Waals surface area contributed by atoms with Crippen LogP contribution in [0.1, 0.15) is 31.5 Å². The van der Waals surface area contributed by atoms with Crippen LogP contribution in [0.5, 0.6) is 0 Å². The summed E-state index contributed by atoms with van der Waals surface area (Å²) in [5, 5.41) is 4.01. The van der Waals surface area contributed by atoms with Gasteiger partial charge in [-0.2, -0.15) is 0 Å². The molecule has 3 rings (SSSR count). The first-order valence-electron chi connectivity index (χ1n) is 7.83. The summed E-state index contributed by atoms with van der Waals surface area (Å²) in [7, 11) is 1.62. The number of nitrogens with zero attached hydrogens (tertiary/aromatic N) is 1. The number of nitrogens with one attached hydrogen (secondary N) is 1. The Labute approximate surface area is 136 Å². The average molecular weight is 314 g/mol. The molecule has 1 aliphatic heterocycles. The van der Waals surface area contributed by atoms with Gasteiger partial charge in [0.05, 0.1) is 42.1 Å². The summed E-state index contributed by atoms with van der Waals surface area (Å²) in [6.45, 7) is 4.95. The molecule has 1 aromatic heterocycles. The molecular formula is C18H22N2O3. The molecular weight excluding hydrogens is 292 g/mol. The van der Waals surface area contributed by atoms with E-state index in [1.807, 2.05) is 38.1 Å². The Hall–Kier alpha value is -1.98. The number of ether oxygens (including phenoxy) is 2. The monoisotopic (exact) mass is 314 g/mol. The number of carbonyl (C=O) groups is 1. The van der Waals surface area contributed by atoms with E-state index in [0.717, 1.165) is 34.3 Å². The molecule has 0 aliphatic carbocycles. The van der Waals surface area contributed by atoms with Gasteiger partial charge in [0.15, 0.2) is 0 Å². The summed E-state index contributed by atoms with van der Waals surface area (Å²) < 4.78 is 10.9. The number of aromatic nitrogens is 1. The van der Waals surface area contributed by atoms with Crippen molar-refractivity contribution in [3.05, 3.63) is 35.5 Å². The van der Waals surface area contributed by atoms with Crippen LogP contribution in [-0.4, -0.2) is 30.2 Å². The molecule has 0 unspecified atom stereocenters. The first kappa shape index (κ1) is 15.9. The third-order valence-electron chi connectivity index (χ3n) is 4.21. The number of carbonyl (C=O) groups excluding carboxylic acids is 1. The summed E-state index contributed by atoms with van der Waals surface area (Å²) in [5.41, 5.74) is 3.22. The van der Waals surface area contributed by atoms with Crippen molar-refractivity contribution in [1.29, 1.82) is 0 Å². The van der Waals surface area contributed by atoms with E-state index in [-0.39, 0.29) is 12.3 Å². The van der Waals surface area contributed by atoms with Crippen LogP contribution in [0.3, 0.4) is 0 Å². The summed E-state index contributed by atoms with van der Waals surface area (Å²) in [5.74, 6) is -0.0685. The molecule has 1 aliphatic rings. The predicted octanol–water partition coefficient (Wildman–Crippen LogP) is 3.06. The molecule has 0 fully saturated rings. The van der Waals surface area contributed by atoms with Crippen molar-refractivity contribution in [2.45, 2.75) is 38.9 Å². The molecule has 0 radical (unpaired) electrons. The molecule has 1 amide bonds. The summed E-state index contributed by atoms with van der Waals surface area (Å²) in [6.07, 6.45) is 1.06. The highest BCUT2D eigenvalue weighted by Crippen LogP contribution is 2.32. The van der Waals surface area contributed by atoms with Crippen LogP contribution in [0.15, 0.2) is 24.3 Å². The van der Waals surface area contributed by atoms with Crippen molar-refractivity contribution in [2.75, 3.05) is 19.0 Å². The number of rotatable bonds is 4. The van der Waals surface area contributed by atoms with E-state index in [4.69, 9.17) is 14.5 Å². The number of anilines is 1. The molecule has 2 heterocycles. The second kappa shape index (κ2) is 6.26. The second-order valence-electron chi connectivity index (χ2n) is 6.42. The van der Waals surface area contributed by atoms with Gasteiger partial charge in [-0.15, -0.1) is 0 Å². The molecule has 0 atom stereocenters. The standard InChI is InChI=1S/C18H22N2O3/c1-18(2,22-3)10-16(21)20-17-12-6-4-5-7-14(12)19-15-8-9-23-11-13(15)17/h4-7H,8-11H2,1-3H3,(H,19,20,21). The number of amides is 1. The summed E-state index contributed by atoms with van der Waals surface area (Å²) in [4.78, 5) is 17.2. The molecule has 0 saturated carbocycles. The van der Waals surface area contributed by atoms with Crippen LogP contribution >= 0.6 is 0 Å². The zero-order chi connectivity index (χ0) is 16.4. The average Bonchev–Trinajstić information content (AvgIpc) is 2.54. The highest BCUT2D eigenvalue weighted by molar-refractivity contribution is 6.02. The fourth-order valence-corrected chi connectivity index (χ4v) is 2.79. The number of benzene rings is 1. The molecule has 5 heteroatoms. The third kappa shape index (κ3) is 3.35. The summed E-state index contributed by atoms with van der Waals surface area (Å²) in [6, 6.07) is 7.86. The van der Waals surface area contributed by atoms with Crippen LogP contribution in [0.4, 0.5) is 5.69 Å². The van der Waals surface area contributed by atoms with Gasteiger partial charge in [-0.3, -0.25) is 9.78 Å². The molecule has 1 aromatic carbocycles. The van der Waals surface area contributed by atoms with Crippen LogP contribution < -0.4 is 5.32 Å². The van der Waals surface area contributed by atoms with Gasteiger partial charge in [-0.05, 0) is 19.9 Å². The number of methoxy groups -OCH3 is 1. The fraction of sp³-hybridized carbons (Fsp3) is 0.444.